The minimum Gasteiger partial charge on any atom is -0.445 e. The molecular formula is C5H11BF3KSi. The Morgan fingerprint density at radius 3 is 1.55 bits per heavy atom. The van der Waals surface area contributed by atoms with Crippen molar-refractivity contribution in [1.29, 1.82) is 0 Å². The number of hydrogen-bond donors (Lipinski definition) is 0. The van der Waals surface area contributed by atoms with Crippen LogP contribution in [0.3, 0.4) is 0 Å². The second-order valence-corrected chi connectivity index (χ2v) is 8.42. The fourth-order valence-corrected chi connectivity index (χ4v) is 1.19. The Hall–Kier alpha value is 1.45. The molecule has 0 aromatic heterocycles. The van der Waals surface area contributed by atoms with Crippen LogP contribution >= 0.6 is 0 Å². The number of hydrogen-bond acceptors (Lipinski definition) is 0. The molecule has 0 saturated carbocycles. The van der Waals surface area contributed by atoms with Crippen LogP contribution < -0.4 is 51.4 Å². The molecule has 0 bridgehead atoms. The summed E-state index contributed by atoms with van der Waals surface area (Å²) in [6, 6.07) is 0. The van der Waals surface area contributed by atoms with Crippen molar-refractivity contribution >= 4 is 15.1 Å². The van der Waals surface area contributed by atoms with Crippen LogP contribution in [0.1, 0.15) is 0 Å². The molecule has 60 valence electrons. The van der Waals surface area contributed by atoms with E-state index in [1.165, 1.54) is 5.70 Å². The molecule has 0 aromatic carbocycles. The van der Waals surface area contributed by atoms with Gasteiger partial charge >= 0.3 is 58.4 Å². The summed E-state index contributed by atoms with van der Waals surface area (Å²) >= 11 is 0. The van der Waals surface area contributed by atoms with Gasteiger partial charge < -0.3 is 12.9 Å². The van der Waals surface area contributed by atoms with Crippen LogP contribution in [0.4, 0.5) is 12.9 Å². The molecule has 0 nitrogen and oxygen atoms in total. The van der Waals surface area contributed by atoms with Crippen LogP contribution in [0, 0.1) is 0 Å². The second kappa shape index (κ2) is 5.24. The van der Waals surface area contributed by atoms with Crippen molar-refractivity contribution in [3.63, 3.8) is 0 Å². The number of halogens is 3. The zero-order valence-corrected chi connectivity index (χ0v) is 11.5. The normalized spacial score (nSPS) is 13.3. The monoisotopic (exact) mass is 206 g/mol. The molecule has 0 aliphatic rings. The van der Waals surface area contributed by atoms with Gasteiger partial charge in [0.15, 0.2) is 0 Å². The van der Waals surface area contributed by atoms with E-state index in [1.807, 2.05) is 19.6 Å². The van der Waals surface area contributed by atoms with Crippen LogP contribution in [-0.2, 0) is 0 Å². The zero-order chi connectivity index (χ0) is 8.41. The Morgan fingerprint density at radius 1 is 1.09 bits per heavy atom. The van der Waals surface area contributed by atoms with Crippen LogP contribution in [0.5, 0.6) is 0 Å². The quantitative estimate of drug-likeness (QED) is 0.549. The second-order valence-electron chi connectivity index (χ2n) is 3.35. The van der Waals surface area contributed by atoms with Crippen LogP contribution in [0.25, 0.3) is 0 Å². The van der Waals surface area contributed by atoms with Gasteiger partial charge in [-0.1, -0.05) is 19.6 Å². The fourth-order valence-electron chi connectivity index (χ4n) is 0.398. The van der Waals surface area contributed by atoms with Crippen molar-refractivity contribution in [2.45, 2.75) is 19.6 Å². The number of rotatable bonds is 2. The van der Waals surface area contributed by atoms with Crippen LogP contribution in [-0.4, -0.2) is 15.1 Å². The molecular weight excluding hydrogens is 195 g/mol. The summed E-state index contributed by atoms with van der Waals surface area (Å²) in [5, 5.41) is 0. The van der Waals surface area contributed by atoms with Gasteiger partial charge in [0.2, 0.25) is 0 Å². The zero-order valence-electron chi connectivity index (χ0n) is 7.37. The minimum atomic E-state index is -4.71. The maximum atomic E-state index is 11.6. The summed E-state index contributed by atoms with van der Waals surface area (Å²) in [7, 11) is -1.65. The van der Waals surface area contributed by atoms with E-state index in [0.29, 0.717) is 5.98 Å². The first-order valence-corrected chi connectivity index (χ1v) is 6.69. The maximum Gasteiger partial charge on any atom is 1.00 e. The molecule has 6 heteroatoms. The molecule has 0 rings (SSSR count). The van der Waals surface area contributed by atoms with Gasteiger partial charge in [-0.15, -0.1) is 5.70 Å². The van der Waals surface area contributed by atoms with E-state index >= 15 is 0 Å². The average molecular weight is 206 g/mol. The van der Waals surface area contributed by atoms with E-state index in [1.54, 1.807) is 0 Å². The molecule has 0 aromatic rings. The summed E-state index contributed by atoms with van der Waals surface area (Å²) in [5.41, 5.74) is 1.31. The smallest absolute Gasteiger partial charge is 0.445 e. The summed E-state index contributed by atoms with van der Waals surface area (Å²) in [5.74, 6) is 0.395. The summed E-state index contributed by atoms with van der Waals surface area (Å²) in [4.78, 5) is 0. The van der Waals surface area contributed by atoms with E-state index < -0.39 is 15.1 Å². The largest absolute Gasteiger partial charge is 1.00 e. The van der Waals surface area contributed by atoms with E-state index in [-0.39, 0.29) is 51.4 Å². The third-order valence-corrected chi connectivity index (χ3v) is 2.01. The van der Waals surface area contributed by atoms with Crippen LogP contribution in [0.2, 0.25) is 19.6 Å². The molecule has 0 amide bonds. The molecule has 0 atom stereocenters. The van der Waals surface area contributed by atoms with Gasteiger partial charge in [-0.3, -0.25) is 0 Å². The third kappa shape index (κ3) is 14.3. The molecule has 0 heterocycles. The van der Waals surface area contributed by atoms with Gasteiger partial charge in [-0.25, -0.2) is 0 Å². The Kier molecular flexibility index (Phi) is 7.11. The molecule has 0 N–H and O–H groups in total. The van der Waals surface area contributed by atoms with Gasteiger partial charge in [0.05, 0.1) is 8.07 Å². The van der Waals surface area contributed by atoms with Gasteiger partial charge in [0, 0.05) is 0 Å². The third-order valence-electron chi connectivity index (χ3n) is 0.814. The first-order chi connectivity index (χ1) is 4.21. The Morgan fingerprint density at radius 2 is 1.45 bits per heavy atom. The van der Waals surface area contributed by atoms with E-state index in [4.69, 9.17) is 0 Å². The van der Waals surface area contributed by atoms with Crippen molar-refractivity contribution < 1.29 is 64.3 Å². The molecule has 0 unspecified atom stereocenters. The van der Waals surface area contributed by atoms with Crippen LogP contribution in [0.15, 0.2) is 11.7 Å². The molecule has 0 spiro atoms. The molecule has 0 aliphatic heterocycles. The average Bonchev–Trinajstić information content (AvgIpc) is 1.57. The van der Waals surface area contributed by atoms with Crippen molar-refractivity contribution in [3.8, 4) is 0 Å². The SMILES string of the molecule is C[Si](C)(C)/C=C\[B-](F)(F)F.[K+]. The van der Waals surface area contributed by atoms with Gasteiger partial charge in [0.1, 0.15) is 0 Å². The van der Waals surface area contributed by atoms with Crippen molar-refractivity contribution in [3.05, 3.63) is 11.7 Å². The molecule has 0 saturated heterocycles. The predicted octanol–water partition coefficient (Wildman–Crippen LogP) is -0.189. The Bertz CT molecular complexity index is 122. The van der Waals surface area contributed by atoms with E-state index in [2.05, 4.69) is 0 Å². The fraction of sp³-hybridized carbons (Fsp3) is 0.600. The van der Waals surface area contributed by atoms with Crippen molar-refractivity contribution in [2.24, 2.45) is 0 Å². The predicted molar refractivity (Wildman–Crippen MR) is 41.6 cm³/mol. The Balaban J connectivity index is 0. The molecule has 0 fully saturated rings. The standard InChI is InChI=1S/C5H11BF3Si.K/c1-10(2,3)5-4-6(7,8)9;/h4-5H,1-3H3;/q-1;+1/b5-4-;. The first-order valence-electron chi connectivity index (χ1n) is 3.11. The topological polar surface area (TPSA) is 0 Å². The van der Waals surface area contributed by atoms with Gasteiger partial charge in [-0.2, -0.15) is 5.98 Å². The minimum absolute atomic E-state index is 0. The van der Waals surface area contributed by atoms with E-state index in [9.17, 15) is 12.9 Å². The van der Waals surface area contributed by atoms with Gasteiger partial charge in [0.25, 0.3) is 0 Å². The first kappa shape index (κ1) is 14.9. The molecule has 11 heavy (non-hydrogen) atoms. The summed E-state index contributed by atoms with van der Waals surface area (Å²) < 4.78 is 34.8. The van der Waals surface area contributed by atoms with Gasteiger partial charge in [-0.05, 0) is 0 Å². The maximum absolute atomic E-state index is 11.6. The van der Waals surface area contributed by atoms with Crippen molar-refractivity contribution in [1.82, 2.24) is 0 Å². The summed E-state index contributed by atoms with van der Waals surface area (Å²) in [6.07, 6.45) is 0. The summed E-state index contributed by atoms with van der Waals surface area (Å²) in [6.45, 7) is 0.887. The molecule has 0 radical (unpaired) electrons. The van der Waals surface area contributed by atoms with Crippen molar-refractivity contribution in [2.75, 3.05) is 0 Å². The Labute approximate surface area is 109 Å². The van der Waals surface area contributed by atoms with E-state index in [0.717, 1.165) is 0 Å². The molecule has 0 aliphatic carbocycles.